The fraction of sp³-hybridized carbons (Fsp3) is 0.500. The fourth-order valence-corrected chi connectivity index (χ4v) is 4.12. The zero-order valence-electron chi connectivity index (χ0n) is 18.0. The van der Waals surface area contributed by atoms with Crippen molar-refractivity contribution in [3.8, 4) is 11.8 Å². The molecule has 2 aliphatic heterocycles. The van der Waals surface area contributed by atoms with Crippen LogP contribution in [0.1, 0.15) is 36.6 Å². The molecule has 0 aromatic carbocycles. The normalized spacial score (nSPS) is 19.0. The zero-order chi connectivity index (χ0) is 21.7. The number of piperidine rings is 1. The van der Waals surface area contributed by atoms with Crippen molar-refractivity contribution in [2.24, 2.45) is 5.41 Å². The molecule has 4 rings (SSSR count). The quantitative estimate of drug-likeness (QED) is 0.582. The second kappa shape index (κ2) is 9.97. The number of hydrogen-bond donors (Lipinski definition) is 1. The molecule has 0 spiro atoms. The average molecular weight is 441 g/mol. The van der Waals surface area contributed by atoms with Crippen molar-refractivity contribution in [3.63, 3.8) is 0 Å². The number of morpholine rings is 1. The van der Waals surface area contributed by atoms with Crippen LogP contribution in [0.2, 0.25) is 5.15 Å². The van der Waals surface area contributed by atoms with E-state index in [9.17, 15) is 5.11 Å². The van der Waals surface area contributed by atoms with E-state index in [-0.39, 0.29) is 12.0 Å². The molecule has 0 saturated carbocycles. The number of hydrogen-bond acceptors (Lipinski definition) is 6. The lowest BCUT2D eigenvalue weighted by molar-refractivity contribution is 0.0341. The minimum absolute atomic E-state index is 0.00788. The molecule has 7 heteroatoms. The van der Waals surface area contributed by atoms with E-state index in [4.69, 9.17) is 16.3 Å². The van der Waals surface area contributed by atoms with E-state index >= 15 is 0 Å². The van der Waals surface area contributed by atoms with Crippen molar-refractivity contribution in [1.29, 1.82) is 0 Å². The van der Waals surface area contributed by atoms with Crippen LogP contribution in [0.5, 0.6) is 0 Å². The first-order chi connectivity index (χ1) is 15.0. The fourth-order valence-electron chi connectivity index (χ4n) is 3.96. The molecule has 2 aromatic rings. The summed E-state index contributed by atoms with van der Waals surface area (Å²) in [4.78, 5) is 13.4. The van der Waals surface area contributed by atoms with E-state index in [1.165, 1.54) is 5.56 Å². The Labute approximate surface area is 189 Å². The number of nitrogens with zero attached hydrogens (tertiary/aromatic N) is 4. The van der Waals surface area contributed by atoms with Gasteiger partial charge in [0.2, 0.25) is 0 Å². The maximum atomic E-state index is 9.64. The number of halogens is 1. The largest absolute Gasteiger partial charge is 0.396 e. The molecule has 0 amide bonds. The average Bonchev–Trinajstić information content (AvgIpc) is 2.80. The lowest BCUT2D eigenvalue weighted by Gasteiger charge is -2.39. The second-order valence-corrected chi connectivity index (χ2v) is 9.06. The molecule has 1 N–H and O–H groups in total. The highest BCUT2D eigenvalue weighted by atomic mass is 35.5. The van der Waals surface area contributed by atoms with Crippen LogP contribution in [0.4, 0.5) is 5.69 Å². The third-order valence-electron chi connectivity index (χ3n) is 6.20. The SMILES string of the molecule is CC1(CO)CCN(c2cc(Cl)ncc2C#Cc2ccc(CN3CCOCC3)cn2)CC1. The summed E-state index contributed by atoms with van der Waals surface area (Å²) in [6, 6.07) is 5.94. The highest BCUT2D eigenvalue weighted by molar-refractivity contribution is 6.29. The van der Waals surface area contributed by atoms with Crippen LogP contribution >= 0.6 is 11.6 Å². The molecule has 2 aromatic heterocycles. The monoisotopic (exact) mass is 440 g/mol. The molecular weight excluding hydrogens is 412 g/mol. The molecule has 2 aliphatic rings. The molecule has 0 bridgehead atoms. The molecule has 0 aliphatic carbocycles. The number of rotatable bonds is 4. The number of pyridine rings is 2. The van der Waals surface area contributed by atoms with Gasteiger partial charge in [-0.3, -0.25) is 4.90 Å². The van der Waals surface area contributed by atoms with E-state index in [2.05, 4.69) is 44.6 Å². The molecule has 31 heavy (non-hydrogen) atoms. The van der Waals surface area contributed by atoms with Crippen molar-refractivity contribution < 1.29 is 9.84 Å². The van der Waals surface area contributed by atoms with E-state index < -0.39 is 0 Å². The van der Waals surface area contributed by atoms with Gasteiger partial charge in [0.05, 0.1) is 24.5 Å². The van der Waals surface area contributed by atoms with Crippen LogP contribution in [0.25, 0.3) is 0 Å². The summed E-state index contributed by atoms with van der Waals surface area (Å²) < 4.78 is 5.40. The lowest BCUT2D eigenvalue weighted by atomic mass is 9.81. The molecule has 0 unspecified atom stereocenters. The third-order valence-corrected chi connectivity index (χ3v) is 6.41. The predicted molar refractivity (Wildman–Crippen MR) is 122 cm³/mol. The van der Waals surface area contributed by atoms with Gasteiger partial charge in [-0.2, -0.15) is 0 Å². The maximum Gasteiger partial charge on any atom is 0.131 e. The lowest BCUT2D eigenvalue weighted by Crippen LogP contribution is -2.40. The van der Waals surface area contributed by atoms with Crippen LogP contribution in [0, 0.1) is 17.3 Å². The Morgan fingerprint density at radius 1 is 1.10 bits per heavy atom. The van der Waals surface area contributed by atoms with Crippen molar-refractivity contribution in [2.45, 2.75) is 26.3 Å². The summed E-state index contributed by atoms with van der Waals surface area (Å²) in [6.07, 6.45) is 5.50. The van der Waals surface area contributed by atoms with Crippen LogP contribution in [-0.2, 0) is 11.3 Å². The first kappa shape index (κ1) is 22.0. The molecule has 164 valence electrons. The van der Waals surface area contributed by atoms with Gasteiger partial charge in [0.15, 0.2) is 0 Å². The zero-order valence-corrected chi connectivity index (χ0v) is 18.7. The third kappa shape index (κ3) is 5.75. The summed E-state index contributed by atoms with van der Waals surface area (Å²) in [7, 11) is 0. The summed E-state index contributed by atoms with van der Waals surface area (Å²) in [5.41, 5.74) is 3.75. The minimum Gasteiger partial charge on any atom is -0.396 e. The number of anilines is 1. The van der Waals surface area contributed by atoms with Crippen LogP contribution in [0.3, 0.4) is 0 Å². The Kier molecular flexibility index (Phi) is 7.09. The van der Waals surface area contributed by atoms with Crippen molar-refractivity contribution >= 4 is 17.3 Å². The topological polar surface area (TPSA) is 61.7 Å². The minimum atomic E-state index is -0.00788. The summed E-state index contributed by atoms with van der Waals surface area (Å²) >= 11 is 6.18. The van der Waals surface area contributed by atoms with Gasteiger partial charge in [-0.05, 0) is 35.8 Å². The predicted octanol–water partition coefficient (Wildman–Crippen LogP) is 2.96. The number of ether oxygens (including phenoxy) is 1. The Bertz CT molecular complexity index is 940. The van der Waals surface area contributed by atoms with E-state index in [0.717, 1.165) is 75.7 Å². The van der Waals surface area contributed by atoms with Gasteiger partial charge in [-0.1, -0.05) is 30.5 Å². The highest BCUT2D eigenvalue weighted by Crippen LogP contribution is 2.34. The Morgan fingerprint density at radius 3 is 2.55 bits per heavy atom. The van der Waals surface area contributed by atoms with E-state index in [0.29, 0.717) is 5.15 Å². The van der Waals surface area contributed by atoms with Gasteiger partial charge in [0.1, 0.15) is 10.8 Å². The number of aliphatic hydroxyl groups is 1. The molecule has 4 heterocycles. The summed E-state index contributed by atoms with van der Waals surface area (Å²) in [6.45, 7) is 8.48. The van der Waals surface area contributed by atoms with Crippen molar-refractivity contribution in [2.75, 3.05) is 50.9 Å². The van der Waals surface area contributed by atoms with Crippen molar-refractivity contribution in [1.82, 2.24) is 14.9 Å². The molecule has 0 atom stereocenters. The van der Waals surface area contributed by atoms with E-state index in [1.54, 1.807) is 6.20 Å². The van der Waals surface area contributed by atoms with Crippen molar-refractivity contribution in [3.05, 3.63) is 52.6 Å². The van der Waals surface area contributed by atoms with Gasteiger partial charge >= 0.3 is 0 Å². The molecule has 2 saturated heterocycles. The molecule has 6 nitrogen and oxygen atoms in total. The maximum absolute atomic E-state index is 9.64. The number of aromatic nitrogens is 2. The smallest absolute Gasteiger partial charge is 0.131 e. The Morgan fingerprint density at radius 2 is 1.87 bits per heavy atom. The first-order valence-electron chi connectivity index (χ1n) is 10.8. The highest BCUT2D eigenvalue weighted by Gasteiger charge is 2.30. The summed E-state index contributed by atoms with van der Waals surface area (Å²) in [5.74, 6) is 6.41. The van der Waals surface area contributed by atoms with E-state index in [1.807, 2.05) is 18.3 Å². The Hall–Kier alpha value is -2.17. The van der Waals surface area contributed by atoms with Crippen LogP contribution in [0.15, 0.2) is 30.6 Å². The molecule has 2 fully saturated rings. The van der Waals surface area contributed by atoms with Crippen LogP contribution in [-0.4, -0.2) is 66.0 Å². The van der Waals surface area contributed by atoms with Gasteiger partial charge in [-0.15, -0.1) is 0 Å². The van der Waals surface area contributed by atoms with Gasteiger partial charge in [0.25, 0.3) is 0 Å². The second-order valence-electron chi connectivity index (χ2n) is 8.67. The molecular formula is C24H29ClN4O2. The molecule has 0 radical (unpaired) electrons. The summed E-state index contributed by atoms with van der Waals surface area (Å²) in [5, 5.41) is 10.1. The first-order valence-corrected chi connectivity index (χ1v) is 11.2. The van der Waals surface area contributed by atoms with Gasteiger partial charge < -0.3 is 14.7 Å². The standard InChI is InChI=1S/C24H29ClN4O2/c1-24(18-30)6-8-29(9-7-24)22-14-23(25)27-16-20(22)3-5-21-4-2-19(15-26-21)17-28-10-12-31-13-11-28/h2,4,14-16,30H,6-13,17-18H2,1H3. The van der Waals surface area contributed by atoms with Gasteiger partial charge in [-0.25, -0.2) is 9.97 Å². The van der Waals surface area contributed by atoms with Gasteiger partial charge in [0, 0.05) is 57.8 Å². The number of aliphatic hydroxyl groups excluding tert-OH is 1. The Balaban J connectivity index is 1.46. The van der Waals surface area contributed by atoms with Crippen LogP contribution < -0.4 is 4.90 Å².